The van der Waals surface area contributed by atoms with Crippen LogP contribution in [0, 0.1) is 11.8 Å². The number of hydrogen-bond donors (Lipinski definition) is 2. The fraction of sp³-hybridized carbons (Fsp3) is 0.588. The number of carbonyl (C=O) groups excluding carboxylic acids is 1. The fourth-order valence-electron chi connectivity index (χ4n) is 2.97. The van der Waals surface area contributed by atoms with E-state index < -0.39 is 0 Å². The summed E-state index contributed by atoms with van der Waals surface area (Å²) in [7, 11) is 0. The summed E-state index contributed by atoms with van der Waals surface area (Å²) in [5.41, 5.74) is 1.67. The highest BCUT2D eigenvalue weighted by atomic mass is 16.1. The van der Waals surface area contributed by atoms with Gasteiger partial charge in [-0.3, -0.25) is 4.79 Å². The molecule has 1 saturated carbocycles. The predicted octanol–water partition coefficient (Wildman–Crippen LogP) is 3.67. The third-order valence-electron chi connectivity index (χ3n) is 4.47. The van der Waals surface area contributed by atoms with Gasteiger partial charge in [-0.15, -0.1) is 0 Å². The summed E-state index contributed by atoms with van der Waals surface area (Å²) in [6, 6.07) is 8.05. The Morgan fingerprint density at radius 3 is 2.65 bits per heavy atom. The third-order valence-corrected chi connectivity index (χ3v) is 4.47. The third kappa shape index (κ3) is 3.53. The van der Waals surface area contributed by atoms with Gasteiger partial charge in [0.05, 0.1) is 5.56 Å². The standard InChI is InChI=1S/C17H26N2O/c1-4-18-16-8-6-5-7-15(16)17(20)19-14-10-9-12(2)13(3)11-14/h5-8,12-14,18H,4,9-11H2,1-3H3,(H,19,20). The SMILES string of the molecule is CCNc1ccccc1C(=O)NC1CCC(C)C(C)C1. The van der Waals surface area contributed by atoms with Crippen LogP contribution in [0.2, 0.25) is 0 Å². The minimum Gasteiger partial charge on any atom is -0.385 e. The van der Waals surface area contributed by atoms with E-state index in [1.807, 2.05) is 31.2 Å². The lowest BCUT2D eigenvalue weighted by Crippen LogP contribution is -2.40. The molecule has 1 fully saturated rings. The minimum atomic E-state index is 0.0494. The van der Waals surface area contributed by atoms with Gasteiger partial charge in [0.25, 0.3) is 5.91 Å². The first-order chi connectivity index (χ1) is 9.61. The molecule has 1 aliphatic rings. The zero-order chi connectivity index (χ0) is 14.5. The Bertz CT molecular complexity index is 458. The molecule has 2 rings (SSSR count). The van der Waals surface area contributed by atoms with Crippen molar-refractivity contribution in [2.24, 2.45) is 11.8 Å². The zero-order valence-corrected chi connectivity index (χ0v) is 12.8. The molecule has 3 nitrogen and oxygen atoms in total. The van der Waals surface area contributed by atoms with E-state index in [9.17, 15) is 4.79 Å². The van der Waals surface area contributed by atoms with E-state index in [1.165, 1.54) is 6.42 Å². The molecule has 0 heterocycles. The van der Waals surface area contributed by atoms with Crippen LogP contribution in [-0.2, 0) is 0 Å². The van der Waals surface area contributed by atoms with Crippen molar-refractivity contribution in [1.82, 2.24) is 5.32 Å². The molecule has 0 spiro atoms. The molecule has 1 aromatic carbocycles. The molecule has 110 valence electrons. The van der Waals surface area contributed by atoms with Crippen LogP contribution in [0.1, 0.15) is 50.4 Å². The van der Waals surface area contributed by atoms with Crippen molar-refractivity contribution in [2.45, 2.75) is 46.1 Å². The van der Waals surface area contributed by atoms with Crippen molar-refractivity contribution in [3.05, 3.63) is 29.8 Å². The zero-order valence-electron chi connectivity index (χ0n) is 12.8. The minimum absolute atomic E-state index is 0.0494. The van der Waals surface area contributed by atoms with Crippen LogP contribution in [-0.4, -0.2) is 18.5 Å². The normalized spacial score (nSPS) is 26.1. The second kappa shape index (κ2) is 6.78. The molecule has 0 radical (unpaired) electrons. The summed E-state index contributed by atoms with van der Waals surface area (Å²) >= 11 is 0. The highest BCUT2D eigenvalue weighted by Crippen LogP contribution is 2.29. The van der Waals surface area contributed by atoms with Crippen molar-refractivity contribution >= 4 is 11.6 Å². The molecule has 0 bridgehead atoms. The van der Waals surface area contributed by atoms with Gasteiger partial charge in [-0.2, -0.15) is 0 Å². The Hall–Kier alpha value is -1.51. The first-order valence-corrected chi connectivity index (χ1v) is 7.75. The van der Waals surface area contributed by atoms with Crippen LogP contribution in [0.5, 0.6) is 0 Å². The second-order valence-corrected chi connectivity index (χ2v) is 6.01. The van der Waals surface area contributed by atoms with Crippen molar-refractivity contribution in [2.75, 3.05) is 11.9 Å². The largest absolute Gasteiger partial charge is 0.385 e. The number of amides is 1. The number of hydrogen-bond acceptors (Lipinski definition) is 2. The molecule has 1 aromatic rings. The maximum atomic E-state index is 12.4. The Morgan fingerprint density at radius 2 is 1.95 bits per heavy atom. The molecule has 3 atom stereocenters. The summed E-state index contributed by atoms with van der Waals surface area (Å²) < 4.78 is 0. The van der Waals surface area contributed by atoms with Gasteiger partial charge >= 0.3 is 0 Å². The van der Waals surface area contributed by atoms with E-state index in [1.54, 1.807) is 0 Å². The summed E-state index contributed by atoms with van der Waals surface area (Å²) in [4.78, 5) is 12.4. The quantitative estimate of drug-likeness (QED) is 0.879. The predicted molar refractivity (Wildman–Crippen MR) is 84.0 cm³/mol. The second-order valence-electron chi connectivity index (χ2n) is 6.01. The van der Waals surface area contributed by atoms with Gasteiger partial charge in [0.1, 0.15) is 0 Å². The van der Waals surface area contributed by atoms with Crippen molar-refractivity contribution in [3.63, 3.8) is 0 Å². The van der Waals surface area contributed by atoms with Gasteiger partial charge in [0.15, 0.2) is 0 Å². The maximum Gasteiger partial charge on any atom is 0.253 e. The van der Waals surface area contributed by atoms with Crippen LogP contribution >= 0.6 is 0 Å². The number of rotatable bonds is 4. The lowest BCUT2D eigenvalue weighted by molar-refractivity contribution is 0.0911. The molecular weight excluding hydrogens is 248 g/mol. The summed E-state index contributed by atoms with van der Waals surface area (Å²) in [5, 5.41) is 6.46. The van der Waals surface area contributed by atoms with E-state index in [0.29, 0.717) is 12.0 Å². The van der Waals surface area contributed by atoms with E-state index in [-0.39, 0.29) is 5.91 Å². The fourth-order valence-corrected chi connectivity index (χ4v) is 2.97. The van der Waals surface area contributed by atoms with Crippen LogP contribution < -0.4 is 10.6 Å². The Morgan fingerprint density at radius 1 is 1.20 bits per heavy atom. The first kappa shape index (κ1) is 14.9. The Kier molecular flexibility index (Phi) is 5.05. The van der Waals surface area contributed by atoms with Crippen molar-refractivity contribution < 1.29 is 4.79 Å². The van der Waals surface area contributed by atoms with Gasteiger partial charge in [0.2, 0.25) is 0 Å². The van der Waals surface area contributed by atoms with Crippen LogP contribution in [0.4, 0.5) is 5.69 Å². The number of para-hydroxylation sites is 1. The van der Waals surface area contributed by atoms with Gasteiger partial charge in [-0.25, -0.2) is 0 Å². The Balaban J connectivity index is 2.01. The number of benzene rings is 1. The van der Waals surface area contributed by atoms with Gasteiger partial charge in [0, 0.05) is 18.3 Å². The molecule has 3 unspecified atom stereocenters. The topological polar surface area (TPSA) is 41.1 Å². The highest BCUT2D eigenvalue weighted by molar-refractivity contribution is 5.99. The molecule has 20 heavy (non-hydrogen) atoms. The molecule has 0 aromatic heterocycles. The number of anilines is 1. The smallest absolute Gasteiger partial charge is 0.253 e. The van der Waals surface area contributed by atoms with Gasteiger partial charge < -0.3 is 10.6 Å². The van der Waals surface area contributed by atoms with Crippen LogP contribution in [0.15, 0.2) is 24.3 Å². The van der Waals surface area contributed by atoms with Crippen LogP contribution in [0.3, 0.4) is 0 Å². The van der Waals surface area contributed by atoms with E-state index >= 15 is 0 Å². The van der Waals surface area contributed by atoms with E-state index in [2.05, 4.69) is 24.5 Å². The lowest BCUT2D eigenvalue weighted by Gasteiger charge is -2.32. The lowest BCUT2D eigenvalue weighted by atomic mass is 9.79. The monoisotopic (exact) mass is 274 g/mol. The average Bonchev–Trinajstić information content (AvgIpc) is 2.44. The maximum absolute atomic E-state index is 12.4. The molecule has 2 N–H and O–H groups in total. The van der Waals surface area contributed by atoms with Crippen molar-refractivity contribution in [1.29, 1.82) is 0 Å². The molecular formula is C17H26N2O. The van der Waals surface area contributed by atoms with Crippen molar-refractivity contribution in [3.8, 4) is 0 Å². The molecule has 3 heteroatoms. The van der Waals surface area contributed by atoms with E-state index in [0.717, 1.165) is 36.6 Å². The molecule has 0 aliphatic heterocycles. The summed E-state index contributed by atoms with van der Waals surface area (Å²) in [6.45, 7) is 7.46. The molecule has 1 aliphatic carbocycles. The van der Waals surface area contributed by atoms with Crippen LogP contribution in [0.25, 0.3) is 0 Å². The molecule has 1 amide bonds. The number of nitrogens with one attached hydrogen (secondary N) is 2. The highest BCUT2D eigenvalue weighted by Gasteiger charge is 2.26. The van der Waals surface area contributed by atoms with E-state index in [4.69, 9.17) is 0 Å². The van der Waals surface area contributed by atoms with Gasteiger partial charge in [-0.1, -0.05) is 26.0 Å². The number of carbonyl (C=O) groups is 1. The Labute approximate surface area is 122 Å². The molecule has 0 saturated heterocycles. The summed E-state index contributed by atoms with van der Waals surface area (Å²) in [5.74, 6) is 1.52. The first-order valence-electron chi connectivity index (χ1n) is 7.75. The average molecular weight is 274 g/mol. The summed E-state index contributed by atoms with van der Waals surface area (Å²) in [6.07, 6.45) is 3.40. The van der Waals surface area contributed by atoms with Gasteiger partial charge in [-0.05, 0) is 50.2 Å².